The van der Waals surface area contributed by atoms with Gasteiger partial charge in [-0.3, -0.25) is 0 Å². The number of aryl methyl sites for hydroxylation is 3. The Balaban J connectivity index is 1.54. The van der Waals surface area contributed by atoms with Gasteiger partial charge in [0.15, 0.2) is 5.82 Å². The van der Waals surface area contributed by atoms with E-state index in [0.717, 1.165) is 44.1 Å². The first-order chi connectivity index (χ1) is 10.3. The van der Waals surface area contributed by atoms with Crippen LogP contribution >= 0.6 is 0 Å². The van der Waals surface area contributed by atoms with Crippen LogP contribution < -0.4 is 5.32 Å². The summed E-state index contributed by atoms with van der Waals surface area (Å²) in [6.07, 6.45) is 5.23. The molecule has 2 heterocycles. The fourth-order valence-corrected chi connectivity index (χ4v) is 2.96. The summed E-state index contributed by atoms with van der Waals surface area (Å²) in [7, 11) is 0. The van der Waals surface area contributed by atoms with E-state index in [1.165, 1.54) is 24.0 Å². The van der Waals surface area contributed by atoms with Gasteiger partial charge in [0.2, 0.25) is 5.89 Å². The minimum atomic E-state index is 0.653. The predicted molar refractivity (Wildman–Crippen MR) is 82.2 cm³/mol. The van der Waals surface area contributed by atoms with Crippen LogP contribution in [0.25, 0.3) is 0 Å². The Morgan fingerprint density at radius 2 is 2.19 bits per heavy atom. The van der Waals surface area contributed by atoms with Gasteiger partial charge in [0.1, 0.15) is 0 Å². The fourth-order valence-electron chi connectivity index (χ4n) is 2.96. The number of hydrogen-bond acceptors (Lipinski definition) is 4. The minimum Gasteiger partial charge on any atom is -0.339 e. The van der Waals surface area contributed by atoms with E-state index in [2.05, 4.69) is 46.6 Å². The highest BCUT2D eigenvalue weighted by Crippen LogP contribution is 2.15. The zero-order valence-electron chi connectivity index (χ0n) is 12.6. The van der Waals surface area contributed by atoms with Gasteiger partial charge in [0.25, 0.3) is 0 Å². The molecule has 0 spiro atoms. The van der Waals surface area contributed by atoms with Gasteiger partial charge in [-0.1, -0.05) is 29.4 Å². The first-order valence-corrected chi connectivity index (χ1v) is 7.88. The van der Waals surface area contributed by atoms with E-state index in [1.54, 1.807) is 0 Å². The van der Waals surface area contributed by atoms with Crippen LogP contribution in [0.2, 0.25) is 0 Å². The van der Waals surface area contributed by atoms with E-state index in [0.29, 0.717) is 5.92 Å². The minimum absolute atomic E-state index is 0.653. The van der Waals surface area contributed by atoms with Gasteiger partial charge in [-0.05, 0) is 56.3 Å². The van der Waals surface area contributed by atoms with Crippen LogP contribution in [0.15, 0.2) is 28.8 Å². The van der Waals surface area contributed by atoms with Crippen molar-refractivity contribution < 1.29 is 4.52 Å². The molecule has 0 radical (unpaired) electrons. The Labute approximate surface area is 126 Å². The number of nitrogens with zero attached hydrogens (tertiary/aromatic N) is 2. The quantitative estimate of drug-likeness (QED) is 0.917. The largest absolute Gasteiger partial charge is 0.339 e. The van der Waals surface area contributed by atoms with Crippen molar-refractivity contribution in [1.29, 1.82) is 0 Å². The van der Waals surface area contributed by atoms with Crippen LogP contribution in [-0.4, -0.2) is 23.2 Å². The van der Waals surface area contributed by atoms with Gasteiger partial charge in [0.05, 0.1) is 0 Å². The lowest BCUT2D eigenvalue weighted by Crippen LogP contribution is -2.31. The third kappa shape index (κ3) is 3.91. The van der Waals surface area contributed by atoms with Crippen molar-refractivity contribution in [3.8, 4) is 0 Å². The molecule has 4 heteroatoms. The lowest BCUT2D eigenvalue weighted by molar-refractivity contribution is 0.349. The number of piperidine rings is 1. The molecule has 1 N–H and O–H groups in total. The highest BCUT2D eigenvalue weighted by atomic mass is 16.5. The zero-order valence-corrected chi connectivity index (χ0v) is 12.6. The molecule has 21 heavy (non-hydrogen) atoms. The van der Waals surface area contributed by atoms with Crippen molar-refractivity contribution in [1.82, 2.24) is 15.5 Å². The number of hydrogen-bond donors (Lipinski definition) is 1. The molecule has 4 nitrogen and oxygen atoms in total. The molecule has 0 aliphatic carbocycles. The average molecular weight is 285 g/mol. The third-order valence-corrected chi connectivity index (χ3v) is 4.25. The Hall–Kier alpha value is -1.68. The van der Waals surface area contributed by atoms with E-state index >= 15 is 0 Å². The van der Waals surface area contributed by atoms with Gasteiger partial charge >= 0.3 is 0 Å². The number of benzene rings is 1. The SMILES string of the molecule is Cc1ccccc1CCc1nc(CC2CCCNC2)no1. The third-order valence-electron chi connectivity index (χ3n) is 4.25. The number of aromatic nitrogens is 2. The fraction of sp³-hybridized carbons (Fsp3) is 0.529. The standard InChI is InChI=1S/C17H23N3O/c1-13-5-2-3-7-15(13)8-9-17-19-16(20-21-17)11-14-6-4-10-18-12-14/h2-3,5,7,14,18H,4,6,8-12H2,1H3. The van der Waals surface area contributed by atoms with E-state index in [-0.39, 0.29) is 0 Å². The summed E-state index contributed by atoms with van der Waals surface area (Å²) in [5.74, 6) is 2.28. The van der Waals surface area contributed by atoms with Gasteiger partial charge in [-0.25, -0.2) is 0 Å². The van der Waals surface area contributed by atoms with E-state index in [1.807, 2.05) is 0 Å². The summed E-state index contributed by atoms with van der Waals surface area (Å²) < 4.78 is 5.39. The Morgan fingerprint density at radius 1 is 1.29 bits per heavy atom. The van der Waals surface area contributed by atoms with E-state index < -0.39 is 0 Å². The molecule has 0 amide bonds. The maximum absolute atomic E-state index is 5.39. The van der Waals surface area contributed by atoms with E-state index in [9.17, 15) is 0 Å². The topological polar surface area (TPSA) is 51.0 Å². The lowest BCUT2D eigenvalue weighted by Gasteiger charge is -2.20. The molecule has 1 aliphatic rings. The van der Waals surface area contributed by atoms with Crippen molar-refractivity contribution in [3.05, 3.63) is 47.1 Å². The summed E-state index contributed by atoms with van der Waals surface area (Å²) in [6.45, 7) is 4.36. The Morgan fingerprint density at radius 3 is 3.00 bits per heavy atom. The first kappa shape index (κ1) is 14.3. The van der Waals surface area contributed by atoms with Crippen molar-refractivity contribution in [2.24, 2.45) is 5.92 Å². The predicted octanol–water partition coefficient (Wildman–Crippen LogP) is 2.71. The lowest BCUT2D eigenvalue weighted by atomic mass is 9.96. The second kappa shape index (κ2) is 6.85. The monoisotopic (exact) mass is 285 g/mol. The molecule has 0 bridgehead atoms. The van der Waals surface area contributed by atoms with Gasteiger partial charge in [-0.15, -0.1) is 0 Å². The van der Waals surface area contributed by atoms with E-state index in [4.69, 9.17) is 4.52 Å². The molecule has 1 unspecified atom stereocenters. The van der Waals surface area contributed by atoms with Crippen LogP contribution in [0.5, 0.6) is 0 Å². The second-order valence-corrected chi connectivity index (χ2v) is 5.95. The van der Waals surface area contributed by atoms with Crippen molar-refractivity contribution in [2.75, 3.05) is 13.1 Å². The molecular weight excluding hydrogens is 262 g/mol. The van der Waals surface area contributed by atoms with Gasteiger partial charge in [0, 0.05) is 12.8 Å². The second-order valence-electron chi connectivity index (χ2n) is 5.95. The molecule has 1 atom stereocenters. The first-order valence-electron chi connectivity index (χ1n) is 7.88. The molecular formula is C17H23N3O. The maximum atomic E-state index is 5.39. The molecule has 1 fully saturated rings. The number of rotatable bonds is 5. The van der Waals surface area contributed by atoms with Gasteiger partial charge < -0.3 is 9.84 Å². The van der Waals surface area contributed by atoms with Crippen LogP contribution in [0.3, 0.4) is 0 Å². The smallest absolute Gasteiger partial charge is 0.226 e. The Bertz CT molecular complexity index is 573. The summed E-state index contributed by atoms with van der Waals surface area (Å²) in [6, 6.07) is 8.46. The molecule has 1 aromatic carbocycles. The van der Waals surface area contributed by atoms with Gasteiger partial charge in [-0.2, -0.15) is 4.98 Å². The van der Waals surface area contributed by atoms with Crippen molar-refractivity contribution >= 4 is 0 Å². The summed E-state index contributed by atoms with van der Waals surface area (Å²) in [4.78, 5) is 4.54. The molecule has 2 aromatic rings. The molecule has 112 valence electrons. The van der Waals surface area contributed by atoms with Crippen LogP contribution in [-0.2, 0) is 19.3 Å². The zero-order chi connectivity index (χ0) is 14.5. The maximum Gasteiger partial charge on any atom is 0.226 e. The average Bonchev–Trinajstić information content (AvgIpc) is 2.95. The summed E-state index contributed by atoms with van der Waals surface area (Å²) in [5, 5.41) is 7.56. The molecule has 1 aromatic heterocycles. The molecule has 3 rings (SSSR count). The summed E-state index contributed by atoms with van der Waals surface area (Å²) >= 11 is 0. The highest BCUT2D eigenvalue weighted by molar-refractivity contribution is 5.25. The van der Waals surface area contributed by atoms with Crippen molar-refractivity contribution in [2.45, 2.75) is 39.0 Å². The van der Waals surface area contributed by atoms with Crippen LogP contribution in [0, 0.1) is 12.8 Å². The summed E-state index contributed by atoms with van der Waals surface area (Å²) in [5.41, 5.74) is 2.68. The number of nitrogens with one attached hydrogen (secondary N) is 1. The molecule has 1 aliphatic heterocycles. The molecule has 0 saturated carbocycles. The molecule has 1 saturated heterocycles. The Kier molecular flexibility index (Phi) is 4.65. The van der Waals surface area contributed by atoms with Crippen LogP contribution in [0.1, 0.15) is 35.7 Å². The van der Waals surface area contributed by atoms with Crippen LogP contribution in [0.4, 0.5) is 0 Å². The van der Waals surface area contributed by atoms with Crippen molar-refractivity contribution in [3.63, 3.8) is 0 Å². The normalized spacial score (nSPS) is 18.8. The highest BCUT2D eigenvalue weighted by Gasteiger charge is 2.16.